The molecule has 0 spiro atoms. The fraction of sp³-hybridized carbons (Fsp3) is 0.682. The third-order valence-corrected chi connectivity index (χ3v) is 6.55. The van der Waals surface area contributed by atoms with Crippen LogP contribution in [0.5, 0.6) is 0 Å². The van der Waals surface area contributed by atoms with E-state index in [0.29, 0.717) is 18.4 Å². The highest BCUT2D eigenvalue weighted by atomic mass is 128. The van der Waals surface area contributed by atoms with E-state index in [2.05, 4.69) is 90.9 Å². The lowest BCUT2D eigenvalue weighted by atomic mass is 9.66. The number of hydrogen-bond acceptors (Lipinski definition) is 2. The van der Waals surface area contributed by atoms with Crippen molar-refractivity contribution in [1.82, 2.24) is 0 Å². The first-order valence-electron chi connectivity index (χ1n) is 10.0. The maximum absolute atomic E-state index is 12.2. The van der Waals surface area contributed by atoms with Crippen molar-refractivity contribution >= 4 is 49.0 Å². The third kappa shape index (κ3) is 5.11. The van der Waals surface area contributed by atoms with Crippen LogP contribution in [0.15, 0.2) is 12.1 Å². The minimum Gasteiger partial charge on any atom is -0.444 e. The number of aryl methyl sites for hydroxylation is 2. The van der Waals surface area contributed by atoms with Gasteiger partial charge in [-0.2, -0.15) is 0 Å². The van der Waals surface area contributed by atoms with Crippen molar-refractivity contribution in [2.45, 2.75) is 72.8 Å². The molecule has 0 radical (unpaired) electrons. The third-order valence-electron chi connectivity index (χ3n) is 6.55. The number of carbonyl (C=O) groups is 1. The molecule has 5 heteroatoms. The summed E-state index contributed by atoms with van der Waals surface area (Å²) in [5.74, 6) is 2.89. The quantitative estimate of drug-likeness (QED) is 0.336. The summed E-state index contributed by atoms with van der Waals surface area (Å²) in [4.78, 5) is 14.0. The van der Waals surface area contributed by atoms with Crippen molar-refractivity contribution in [3.05, 3.63) is 28.8 Å². The first kappa shape index (κ1) is 23.2. The molecule has 2 fully saturated rings. The van der Waals surface area contributed by atoms with Gasteiger partial charge in [-0.25, -0.2) is 4.79 Å². The van der Waals surface area contributed by atoms with E-state index < -0.39 is 0 Å². The lowest BCUT2D eigenvalue weighted by molar-refractivity contribution is 0.139. The number of nitrogens with zero attached hydrogens (tertiary/aromatic N) is 1. The van der Waals surface area contributed by atoms with E-state index in [0.717, 1.165) is 23.9 Å². The predicted octanol–water partition coefficient (Wildman–Crippen LogP) is 7.60. The van der Waals surface area contributed by atoms with Gasteiger partial charge in [-0.15, -0.1) is 0 Å². The number of anilines is 1. The molecular formula is C22H33I2NO2. The highest BCUT2D eigenvalue weighted by molar-refractivity contribution is 15.0. The molecule has 1 saturated carbocycles. The van der Waals surface area contributed by atoms with Crippen molar-refractivity contribution < 1.29 is 9.53 Å². The Bertz CT molecular complexity index is 641. The Morgan fingerprint density at radius 2 is 1.70 bits per heavy atom. The molecule has 1 aliphatic heterocycles. The summed E-state index contributed by atoms with van der Waals surface area (Å²) >= 11 is 4.24. The number of rotatable bonds is 3. The van der Waals surface area contributed by atoms with Crippen LogP contribution in [0, 0.1) is 31.6 Å². The van der Waals surface area contributed by atoms with Crippen LogP contribution in [0.4, 0.5) is 10.5 Å². The van der Waals surface area contributed by atoms with Gasteiger partial charge < -0.3 is 4.74 Å². The highest BCUT2D eigenvalue weighted by Crippen LogP contribution is 2.46. The average molecular weight is 597 g/mol. The van der Waals surface area contributed by atoms with Gasteiger partial charge >= 0.3 is 6.09 Å². The average Bonchev–Trinajstić information content (AvgIpc) is 3.01. The van der Waals surface area contributed by atoms with Crippen LogP contribution >= 0.6 is 37.2 Å². The molecule has 1 saturated heterocycles. The molecule has 152 valence electrons. The smallest absolute Gasteiger partial charge is 0.414 e. The number of ether oxygens (including phenoxy) is 1. The van der Waals surface area contributed by atoms with E-state index in [1.165, 1.54) is 29.5 Å². The molecule has 3 nitrogen and oxygen atoms in total. The minimum atomic E-state index is -0.202. The van der Waals surface area contributed by atoms with Gasteiger partial charge in [0.15, 0.2) is 0 Å². The zero-order valence-corrected chi connectivity index (χ0v) is 21.7. The van der Waals surface area contributed by atoms with E-state index in [9.17, 15) is 4.79 Å². The second kappa shape index (κ2) is 10.1. The molecule has 2 aliphatic rings. The first-order valence-corrected chi connectivity index (χ1v) is 16.3. The topological polar surface area (TPSA) is 29.5 Å². The molecule has 5 atom stereocenters. The highest BCUT2D eigenvalue weighted by Gasteiger charge is 2.35. The van der Waals surface area contributed by atoms with Crippen LogP contribution in [-0.2, 0) is 4.74 Å². The SMILES string of the molecule is CCC1CN(c2cc(C)c(C3CC(C)CC(C)C3C)c(C)c2)C(=O)O1.II. The zero-order valence-electron chi connectivity index (χ0n) is 17.4. The summed E-state index contributed by atoms with van der Waals surface area (Å²) in [6.07, 6.45) is 3.30. The molecule has 0 aromatic heterocycles. The van der Waals surface area contributed by atoms with Gasteiger partial charge in [-0.3, -0.25) is 4.90 Å². The Labute approximate surface area is 188 Å². The lowest BCUT2D eigenvalue weighted by Gasteiger charge is -2.39. The van der Waals surface area contributed by atoms with Crippen molar-refractivity contribution in [3.63, 3.8) is 0 Å². The summed E-state index contributed by atoms with van der Waals surface area (Å²) in [7, 11) is 0. The fourth-order valence-electron chi connectivity index (χ4n) is 5.01. The molecule has 27 heavy (non-hydrogen) atoms. The summed E-state index contributed by atoms with van der Waals surface area (Å²) in [5.41, 5.74) is 5.14. The van der Waals surface area contributed by atoms with Gasteiger partial charge in [0, 0.05) is 42.9 Å². The van der Waals surface area contributed by atoms with Gasteiger partial charge in [0.05, 0.1) is 6.54 Å². The lowest BCUT2D eigenvalue weighted by Crippen LogP contribution is -2.28. The molecule has 0 N–H and O–H groups in total. The maximum Gasteiger partial charge on any atom is 0.414 e. The van der Waals surface area contributed by atoms with Crippen molar-refractivity contribution in [2.24, 2.45) is 17.8 Å². The normalized spacial score (nSPS) is 30.6. The Kier molecular flexibility index (Phi) is 8.71. The van der Waals surface area contributed by atoms with Crippen LogP contribution in [0.25, 0.3) is 0 Å². The molecule has 1 aromatic carbocycles. The molecular weight excluding hydrogens is 564 g/mol. The van der Waals surface area contributed by atoms with Gasteiger partial charge in [-0.1, -0.05) is 27.7 Å². The predicted molar refractivity (Wildman–Crippen MR) is 131 cm³/mol. The second-order valence-electron chi connectivity index (χ2n) is 8.54. The summed E-state index contributed by atoms with van der Waals surface area (Å²) < 4.78 is 5.44. The number of benzene rings is 1. The molecule has 3 rings (SSSR count). The molecule has 1 heterocycles. The largest absolute Gasteiger partial charge is 0.444 e. The van der Waals surface area contributed by atoms with Crippen LogP contribution in [0.1, 0.15) is 69.6 Å². The van der Waals surface area contributed by atoms with Crippen molar-refractivity contribution in [1.29, 1.82) is 0 Å². The Morgan fingerprint density at radius 3 is 2.22 bits per heavy atom. The van der Waals surface area contributed by atoms with Gasteiger partial charge in [0.2, 0.25) is 0 Å². The summed E-state index contributed by atoms with van der Waals surface area (Å²) in [5, 5.41) is 0. The fourth-order valence-corrected chi connectivity index (χ4v) is 5.01. The Balaban J connectivity index is 0.00000126. The number of cyclic esters (lactones) is 1. The van der Waals surface area contributed by atoms with E-state index in [1.54, 1.807) is 4.90 Å². The standard InChI is InChI=1S/C22H33NO2.I2/c1-7-19-12-23(22(24)25-19)18-10-15(4)21(16(5)11-18)20-9-13(2)8-14(3)17(20)6;1-2/h10-11,13-14,17,19-20H,7-9,12H2,1-6H3;. The van der Waals surface area contributed by atoms with Gasteiger partial charge in [0.25, 0.3) is 0 Å². The number of amides is 1. The molecule has 5 unspecified atom stereocenters. The van der Waals surface area contributed by atoms with E-state index in [4.69, 9.17) is 4.74 Å². The molecule has 0 bridgehead atoms. The van der Waals surface area contributed by atoms with Crippen LogP contribution < -0.4 is 4.90 Å². The summed E-state index contributed by atoms with van der Waals surface area (Å²) in [6, 6.07) is 4.39. The maximum atomic E-state index is 12.2. The van der Waals surface area contributed by atoms with E-state index in [-0.39, 0.29) is 12.2 Å². The van der Waals surface area contributed by atoms with E-state index >= 15 is 0 Å². The van der Waals surface area contributed by atoms with E-state index in [1.807, 2.05) is 0 Å². The number of hydrogen-bond donors (Lipinski definition) is 0. The summed E-state index contributed by atoms with van der Waals surface area (Å²) in [6.45, 7) is 14.4. The zero-order chi connectivity index (χ0) is 20.3. The minimum absolute atomic E-state index is 0.0212. The van der Waals surface area contributed by atoms with Gasteiger partial charge in [0.1, 0.15) is 6.10 Å². The van der Waals surface area contributed by atoms with Crippen molar-refractivity contribution in [3.8, 4) is 0 Å². The number of halogens is 2. The Morgan fingerprint density at radius 1 is 1.11 bits per heavy atom. The molecule has 1 amide bonds. The van der Waals surface area contributed by atoms with Gasteiger partial charge in [-0.05, 0) is 85.6 Å². The van der Waals surface area contributed by atoms with Crippen LogP contribution in [0.2, 0.25) is 0 Å². The number of carbonyl (C=O) groups excluding carboxylic acids is 1. The monoisotopic (exact) mass is 597 g/mol. The molecule has 1 aromatic rings. The second-order valence-corrected chi connectivity index (χ2v) is 8.54. The van der Waals surface area contributed by atoms with Crippen LogP contribution in [-0.4, -0.2) is 18.7 Å². The van der Waals surface area contributed by atoms with Crippen LogP contribution in [0.3, 0.4) is 0 Å². The molecule has 1 aliphatic carbocycles. The van der Waals surface area contributed by atoms with Crippen molar-refractivity contribution in [2.75, 3.05) is 11.4 Å². The Hall–Kier alpha value is -0.0500. The first-order chi connectivity index (χ1) is 12.8.